The van der Waals surface area contributed by atoms with Gasteiger partial charge in [0.15, 0.2) is 5.03 Å². The Labute approximate surface area is 266 Å². The second-order valence-electron chi connectivity index (χ2n) is 13.2. The topological polar surface area (TPSA) is 130 Å². The number of likely N-dealkylation sites (tertiary alicyclic amines) is 1. The Balaban J connectivity index is 1.45. The molecular weight excluding hydrogens is 592 g/mol. The number of benzene rings is 1. The molecule has 3 aromatic rings. The van der Waals surface area contributed by atoms with Gasteiger partial charge >= 0.3 is 6.09 Å². The van der Waals surface area contributed by atoms with Gasteiger partial charge in [-0.15, -0.1) is 0 Å². The number of sulfonamides is 1. The number of aromatic nitrogens is 4. The molecule has 45 heavy (non-hydrogen) atoms. The number of ether oxygens (including phenoxy) is 1. The maximum Gasteiger partial charge on any atom is 0.410 e. The van der Waals surface area contributed by atoms with Crippen molar-refractivity contribution in [3.8, 4) is 6.07 Å². The zero-order valence-corrected chi connectivity index (χ0v) is 27.7. The molecule has 0 N–H and O–H groups in total. The van der Waals surface area contributed by atoms with Crippen LogP contribution in [0.3, 0.4) is 0 Å². The fourth-order valence-corrected chi connectivity index (χ4v) is 8.12. The number of piperidine rings is 1. The number of carbonyl (C=O) groups is 1. The van der Waals surface area contributed by atoms with E-state index in [9.17, 15) is 18.5 Å². The maximum absolute atomic E-state index is 14.4. The molecule has 2 atom stereocenters. The summed E-state index contributed by atoms with van der Waals surface area (Å²) in [7, 11) is -0.221. The molecule has 1 saturated heterocycles. The van der Waals surface area contributed by atoms with Gasteiger partial charge in [0, 0.05) is 63.9 Å². The molecule has 0 unspecified atom stereocenters. The van der Waals surface area contributed by atoms with Gasteiger partial charge in [-0.25, -0.2) is 23.2 Å². The first-order valence-electron chi connectivity index (χ1n) is 15.6. The predicted molar refractivity (Wildman–Crippen MR) is 170 cm³/mol. The van der Waals surface area contributed by atoms with Crippen LogP contribution in [0.2, 0.25) is 0 Å². The van der Waals surface area contributed by atoms with Gasteiger partial charge < -0.3 is 23.7 Å². The van der Waals surface area contributed by atoms with E-state index >= 15 is 0 Å². The molecule has 2 aromatic heterocycles. The Bertz CT molecular complexity index is 1610. The van der Waals surface area contributed by atoms with Crippen molar-refractivity contribution in [3.05, 3.63) is 60.6 Å². The van der Waals surface area contributed by atoms with Gasteiger partial charge in [-0.2, -0.15) is 9.57 Å². The average Bonchev–Trinajstić information content (AvgIpc) is 3.76. The third-order valence-electron chi connectivity index (χ3n) is 8.75. The number of amides is 1. The fraction of sp³-hybridized carbons (Fsp3) is 0.562. The molecular formula is C32H44N8O4S. The van der Waals surface area contributed by atoms with Crippen molar-refractivity contribution < 1.29 is 17.9 Å². The SMILES string of the molecule is Cn1cnc(S(=O)(=O)N(CC2CCN(C(=O)OC(C)(C)C)CC2)[C@H]2CCC[C@@H]2N(Cc2cncn2C)c2ccc(C#N)cc2)c1. The molecule has 0 bridgehead atoms. The first-order valence-corrected chi connectivity index (χ1v) is 17.0. The zero-order valence-electron chi connectivity index (χ0n) is 26.8. The number of imidazole rings is 2. The highest BCUT2D eigenvalue weighted by molar-refractivity contribution is 7.89. The zero-order chi connectivity index (χ0) is 32.4. The number of rotatable bonds is 9. The molecule has 2 aliphatic rings. The number of nitriles is 1. The highest BCUT2D eigenvalue weighted by Gasteiger charge is 2.44. The monoisotopic (exact) mass is 636 g/mol. The minimum atomic E-state index is -3.94. The Morgan fingerprint density at radius 3 is 2.33 bits per heavy atom. The molecule has 5 rings (SSSR count). The van der Waals surface area contributed by atoms with Crippen LogP contribution in [0, 0.1) is 17.2 Å². The summed E-state index contributed by atoms with van der Waals surface area (Å²) in [6, 6.07) is 9.25. The Morgan fingerprint density at radius 2 is 1.76 bits per heavy atom. The van der Waals surface area contributed by atoms with Crippen LogP contribution >= 0.6 is 0 Å². The summed E-state index contributed by atoms with van der Waals surface area (Å²) >= 11 is 0. The summed E-state index contributed by atoms with van der Waals surface area (Å²) in [5.74, 6) is 0.0730. The summed E-state index contributed by atoms with van der Waals surface area (Å²) in [6.07, 6.45) is 10.1. The molecule has 1 saturated carbocycles. The van der Waals surface area contributed by atoms with E-state index < -0.39 is 15.6 Å². The summed E-state index contributed by atoms with van der Waals surface area (Å²) in [5, 5.41) is 9.44. The second kappa shape index (κ2) is 13.2. The minimum Gasteiger partial charge on any atom is -0.444 e. The summed E-state index contributed by atoms with van der Waals surface area (Å²) in [4.78, 5) is 25.3. The van der Waals surface area contributed by atoms with Gasteiger partial charge in [-0.05, 0) is 83.1 Å². The first kappa shape index (κ1) is 32.5. The molecule has 242 valence electrons. The van der Waals surface area contributed by atoms with Gasteiger partial charge in [0.25, 0.3) is 10.0 Å². The lowest BCUT2D eigenvalue weighted by Crippen LogP contribution is -2.53. The van der Waals surface area contributed by atoms with Crippen LogP contribution in [-0.4, -0.2) is 80.1 Å². The number of carbonyl (C=O) groups excluding carboxylic acids is 1. The average molecular weight is 637 g/mol. The van der Waals surface area contributed by atoms with Crippen LogP contribution in [0.25, 0.3) is 0 Å². The van der Waals surface area contributed by atoms with Crippen molar-refractivity contribution in [3.63, 3.8) is 0 Å². The van der Waals surface area contributed by atoms with Crippen LogP contribution in [0.1, 0.15) is 64.1 Å². The second-order valence-corrected chi connectivity index (χ2v) is 15.0. The van der Waals surface area contributed by atoms with Gasteiger partial charge in [-0.3, -0.25) is 0 Å². The standard InChI is InChI=1S/C32H44N8O4S/c1-32(2,3)44-31(41)38-15-13-25(14-16-38)19-40(45(42,43)30-21-36(4)23-35-30)29-8-6-7-28(29)39(20-27-18-34-22-37(27)5)26-11-9-24(17-33)10-12-26/h9-12,18,21-23,25,28-29H,6-8,13-16,19-20H2,1-5H3/t28-,29-/m0/s1. The third kappa shape index (κ3) is 7.50. The van der Waals surface area contributed by atoms with Gasteiger partial charge in [0.2, 0.25) is 0 Å². The smallest absolute Gasteiger partial charge is 0.410 e. The fourth-order valence-electron chi connectivity index (χ4n) is 6.39. The molecule has 1 aliphatic carbocycles. The summed E-state index contributed by atoms with van der Waals surface area (Å²) in [6.45, 7) is 7.47. The van der Waals surface area contributed by atoms with Crippen molar-refractivity contribution in [1.29, 1.82) is 5.26 Å². The Kier molecular flexibility index (Phi) is 9.55. The van der Waals surface area contributed by atoms with Crippen molar-refractivity contribution in [2.45, 2.75) is 82.1 Å². The van der Waals surface area contributed by atoms with Crippen LogP contribution in [0.5, 0.6) is 0 Å². The molecule has 3 heterocycles. The highest BCUT2D eigenvalue weighted by atomic mass is 32.2. The van der Waals surface area contributed by atoms with E-state index in [-0.39, 0.29) is 29.1 Å². The lowest BCUT2D eigenvalue weighted by Gasteiger charge is -2.41. The summed E-state index contributed by atoms with van der Waals surface area (Å²) in [5.41, 5.74) is 1.92. The predicted octanol–water partition coefficient (Wildman–Crippen LogP) is 4.29. The van der Waals surface area contributed by atoms with E-state index in [2.05, 4.69) is 20.9 Å². The molecule has 2 fully saturated rings. The molecule has 13 heteroatoms. The highest BCUT2D eigenvalue weighted by Crippen LogP contribution is 2.37. The van der Waals surface area contributed by atoms with E-state index in [4.69, 9.17) is 4.74 Å². The van der Waals surface area contributed by atoms with Crippen molar-refractivity contribution in [2.24, 2.45) is 20.0 Å². The number of hydrogen-bond acceptors (Lipinski definition) is 8. The number of aryl methyl sites for hydroxylation is 2. The maximum atomic E-state index is 14.4. The third-order valence-corrected chi connectivity index (χ3v) is 10.5. The largest absolute Gasteiger partial charge is 0.444 e. The molecule has 1 amide bonds. The van der Waals surface area contributed by atoms with E-state index in [1.807, 2.05) is 50.7 Å². The Morgan fingerprint density at radius 1 is 1.07 bits per heavy atom. The van der Waals surface area contributed by atoms with Gasteiger partial charge in [-0.1, -0.05) is 0 Å². The van der Waals surface area contributed by atoms with E-state index in [1.165, 1.54) is 6.33 Å². The van der Waals surface area contributed by atoms with Crippen LogP contribution < -0.4 is 4.90 Å². The van der Waals surface area contributed by atoms with Crippen molar-refractivity contribution in [2.75, 3.05) is 24.5 Å². The quantitative estimate of drug-likeness (QED) is 0.340. The number of hydrogen-bond donors (Lipinski definition) is 0. The van der Waals surface area contributed by atoms with E-state index in [1.54, 1.807) is 45.5 Å². The van der Waals surface area contributed by atoms with Crippen LogP contribution in [-0.2, 0) is 35.4 Å². The van der Waals surface area contributed by atoms with Gasteiger partial charge in [0.1, 0.15) is 5.60 Å². The lowest BCUT2D eigenvalue weighted by atomic mass is 9.96. The van der Waals surface area contributed by atoms with Crippen molar-refractivity contribution in [1.82, 2.24) is 28.3 Å². The molecule has 1 aromatic carbocycles. The van der Waals surface area contributed by atoms with E-state index in [0.29, 0.717) is 51.0 Å². The van der Waals surface area contributed by atoms with Crippen LogP contribution in [0.4, 0.5) is 10.5 Å². The van der Waals surface area contributed by atoms with Gasteiger partial charge in [0.05, 0.1) is 36.5 Å². The molecule has 0 spiro atoms. The van der Waals surface area contributed by atoms with Crippen molar-refractivity contribution >= 4 is 21.8 Å². The normalized spacial score (nSPS) is 19.5. The summed E-state index contributed by atoms with van der Waals surface area (Å²) < 4.78 is 39.7. The first-order chi connectivity index (χ1) is 21.4. The van der Waals surface area contributed by atoms with E-state index in [0.717, 1.165) is 24.2 Å². The number of anilines is 1. The number of nitrogens with zero attached hydrogens (tertiary/aromatic N) is 8. The molecule has 0 radical (unpaired) electrons. The van der Waals surface area contributed by atoms with Crippen LogP contribution in [0.15, 0.2) is 54.3 Å². The minimum absolute atomic E-state index is 0.0402. The lowest BCUT2D eigenvalue weighted by molar-refractivity contribution is 0.0174. The molecule has 1 aliphatic heterocycles. The Hall–Kier alpha value is -3.89. The molecule has 12 nitrogen and oxygen atoms in total.